The molecule has 1 heterocycles. The molecule has 3 rings (SSSR count). The summed E-state index contributed by atoms with van der Waals surface area (Å²) in [6.07, 6.45) is 6.84. The molecule has 1 aliphatic rings. The van der Waals surface area contributed by atoms with E-state index < -0.39 is 12.0 Å². The fourth-order valence-electron chi connectivity index (χ4n) is 5.29. The molecule has 220 valence electrons. The summed E-state index contributed by atoms with van der Waals surface area (Å²) in [5, 5.41) is 12.8. The van der Waals surface area contributed by atoms with Gasteiger partial charge in [0.15, 0.2) is 0 Å². The number of benzene rings is 2. The summed E-state index contributed by atoms with van der Waals surface area (Å²) in [7, 11) is 0. The number of carbonyl (C=O) groups is 3. The summed E-state index contributed by atoms with van der Waals surface area (Å²) in [5.74, 6) is -1.63. The number of hydrogen-bond acceptors (Lipinski definition) is 5. The van der Waals surface area contributed by atoms with Crippen molar-refractivity contribution in [2.24, 2.45) is 11.8 Å². The fraction of sp³-hybridized carbons (Fsp3) is 0.441. The van der Waals surface area contributed by atoms with Crippen molar-refractivity contribution in [1.29, 1.82) is 0 Å². The Morgan fingerprint density at radius 2 is 1.76 bits per heavy atom. The molecule has 0 spiro atoms. The predicted octanol–water partition coefficient (Wildman–Crippen LogP) is 4.78. The van der Waals surface area contributed by atoms with Gasteiger partial charge < -0.3 is 20.1 Å². The van der Waals surface area contributed by atoms with E-state index >= 15 is 0 Å². The molecule has 0 bridgehead atoms. The smallest absolute Gasteiger partial charge is 0.309 e. The Morgan fingerprint density at radius 1 is 1.05 bits per heavy atom. The Balaban J connectivity index is 1.55. The molecule has 7 nitrogen and oxygen atoms in total. The first-order valence-electron chi connectivity index (χ1n) is 14.6. The minimum Gasteiger partial charge on any atom is -0.461 e. The summed E-state index contributed by atoms with van der Waals surface area (Å²) in [4.78, 5) is 41.2. The Morgan fingerprint density at radius 3 is 2.44 bits per heavy atom. The second kappa shape index (κ2) is 16.5. The number of nitrogens with zero attached hydrogens (tertiary/aromatic N) is 1. The highest BCUT2D eigenvalue weighted by Crippen LogP contribution is 2.25. The lowest BCUT2D eigenvalue weighted by atomic mass is 9.92. The van der Waals surface area contributed by atoms with E-state index in [0.29, 0.717) is 32.2 Å². The van der Waals surface area contributed by atoms with Crippen LogP contribution in [0.15, 0.2) is 79.9 Å². The zero-order valence-corrected chi connectivity index (χ0v) is 24.2. The van der Waals surface area contributed by atoms with Crippen molar-refractivity contribution in [3.05, 3.63) is 96.6 Å². The standard InChI is InChI=1S/C34H44N2O5/c1-4-6-8-17-29(19-26-14-9-7-10-15-26)34(40)41-25(3)22-35-33(39)28(13-5-2)21-32(38)36-23-30-18-12-11-16-27(30)20-31(36)24-37/h4-5,7,9-12,14-16,18,25,28-29,31,37H,1-2,6,8,13,17,19-24H2,3H3,(H,35,39)/t25-,28-,29+,31-/m0/s1. The SMILES string of the molecule is C=CCCC[C@H](Cc1ccccc1)C(=O)O[C@@H](C)CNC(=O)[C@@H](CC=C)CC(=O)N1Cc2ccccc2C[C@H]1CO. The second-order valence-corrected chi connectivity index (χ2v) is 10.9. The number of unbranched alkanes of at least 4 members (excludes halogenated alkanes) is 1. The first-order chi connectivity index (χ1) is 19.9. The van der Waals surface area contributed by atoms with E-state index in [-0.39, 0.29) is 49.3 Å². The van der Waals surface area contributed by atoms with E-state index in [1.807, 2.05) is 60.7 Å². The Hall–Kier alpha value is -3.71. The summed E-state index contributed by atoms with van der Waals surface area (Å²) in [5.41, 5.74) is 3.26. The highest BCUT2D eigenvalue weighted by molar-refractivity contribution is 5.86. The van der Waals surface area contributed by atoms with Gasteiger partial charge >= 0.3 is 5.97 Å². The van der Waals surface area contributed by atoms with Crippen LogP contribution in [0.4, 0.5) is 0 Å². The molecule has 0 aliphatic carbocycles. The van der Waals surface area contributed by atoms with Crippen molar-refractivity contribution in [3.8, 4) is 0 Å². The number of aliphatic hydroxyl groups is 1. The van der Waals surface area contributed by atoms with Gasteiger partial charge in [-0.1, -0.05) is 66.7 Å². The monoisotopic (exact) mass is 560 g/mol. The number of esters is 1. The van der Waals surface area contributed by atoms with Gasteiger partial charge in [0.2, 0.25) is 11.8 Å². The van der Waals surface area contributed by atoms with Crippen LogP contribution in [0.2, 0.25) is 0 Å². The van der Waals surface area contributed by atoms with E-state index in [0.717, 1.165) is 29.5 Å². The Labute approximate surface area is 244 Å². The summed E-state index contributed by atoms with van der Waals surface area (Å²) in [6.45, 7) is 9.70. The molecule has 7 heteroatoms. The average molecular weight is 561 g/mol. The molecule has 2 aromatic carbocycles. The molecule has 4 atom stereocenters. The second-order valence-electron chi connectivity index (χ2n) is 10.9. The van der Waals surface area contributed by atoms with E-state index in [2.05, 4.69) is 18.5 Å². The van der Waals surface area contributed by atoms with Crippen molar-refractivity contribution in [3.63, 3.8) is 0 Å². The quantitative estimate of drug-likeness (QED) is 0.175. The normalized spacial score (nSPS) is 16.5. The van der Waals surface area contributed by atoms with Gasteiger partial charge in [0.1, 0.15) is 6.10 Å². The molecule has 0 fully saturated rings. The van der Waals surface area contributed by atoms with Gasteiger partial charge in [-0.2, -0.15) is 0 Å². The van der Waals surface area contributed by atoms with Gasteiger partial charge in [0.25, 0.3) is 0 Å². The van der Waals surface area contributed by atoms with Gasteiger partial charge in [0.05, 0.1) is 31.0 Å². The van der Waals surface area contributed by atoms with Crippen LogP contribution in [-0.2, 0) is 38.5 Å². The number of rotatable bonds is 16. The number of aliphatic hydroxyl groups excluding tert-OH is 1. The molecule has 41 heavy (non-hydrogen) atoms. The molecule has 0 saturated heterocycles. The van der Waals surface area contributed by atoms with Crippen LogP contribution >= 0.6 is 0 Å². The molecule has 2 amide bonds. The maximum absolute atomic E-state index is 13.3. The molecule has 2 aromatic rings. The van der Waals surface area contributed by atoms with Crippen molar-refractivity contribution < 1.29 is 24.2 Å². The first kappa shape index (κ1) is 31.8. The van der Waals surface area contributed by atoms with Crippen molar-refractivity contribution in [2.75, 3.05) is 13.2 Å². The minimum atomic E-state index is -0.607. The van der Waals surface area contributed by atoms with Crippen LogP contribution in [-0.4, -0.2) is 53.1 Å². The van der Waals surface area contributed by atoms with Gasteiger partial charge in [-0.3, -0.25) is 14.4 Å². The number of carbonyl (C=O) groups excluding carboxylic acids is 3. The lowest BCUT2D eigenvalue weighted by Crippen LogP contribution is -2.47. The van der Waals surface area contributed by atoms with Crippen molar-refractivity contribution >= 4 is 17.8 Å². The van der Waals surface area contributed by atoms with Crippen LogP contribution in [0.1, 0.15) is 55.7 Å². The topological polar surface area (TPSA) is 95.9 Å². The Kier molecular flexibility index (Phi) is 12.8. The number of amides is 2. The molecular formula is C34H44N2O5. The third kappa shape index (κ3) is 9.71. The third-order valence-corrected chi connectivity index (χ3v) is 7.63. The molecule has 1 aliphatic heterocycles. The van der Waals surface area contributed by atoms with E-state index in [1.54, 1.807) is 17.9 Å². The molecule has 0 saturated carbocycles. The molecule has 0 unspecified atom stereocenters. The summed E-state index contributed by atoms with van der Waals surface area (Å²) in [6, 6.07) is 17.5. The molecule has 0 radical (unpaired) electrons. The van der Waals surface area contributed by atoms with E-state index in [4.69, 9.17) is 4.74 Å². The van der Waals surface area contributed by atoms with Crippen molar-refractivity contribution in [2.45, 2.75) is 70.6 Å². The molecular weight excluding hydrogens is 516 g/mol. The third-order valence-electron chi connectivity index (χ3n) is 7.63. The lowest BCUT2D eigenvalue weighted by molar-refractivity contribution is -0.153. The number of ether oxygens (including phenoxy) is 1. The summed E-state index contributed by atoms with van der Waals surface area (Å²) >= 11 is 0. The van der Waals surface area contributed by atoms with Crippen LogP contribution in [0.5, 0.6) is 0 Å². The van der Waals surface area contributed by atoms with Crippen molar-refractivity contribution in [1.82, 2.24) is 10.2 Å². The predicted molar refractivity (Wildman–Crippen MR) is 161 cm³/mol. The highest BCUT2D eigenvalue weighted by atomic mass is 16.5. The highest BCUT2D eigenvalue weighted by Gasteiger charge is 2.32. The van der Waals surface area contributed by atoms with Crippen LogP contribution in [0, 0.1) is 11.8 Å². The van der Waals surface area contributed by atoms with E-state index in [1.165, 1.54) is 0 Å². The van der Waals surface area contributed by atoms with Gasteiger partial charge in [-0.15, -0.1) is 13.2 Å². The summed E-state index contributed by atoms with van der Waals surface area (Å²) < 4.78 is 5.74. The maximum atomic E-state index is 13.3. The number of nitrogens with one attached hydrogen (secondary N) is 1. The average Bonchev–Trinajstić information content (AvgIpc) is 2.98. The fourth-order valence-corrected chi connectivity index (χ4v) is 5.29. The maximum Gasteiger partial charge on any atom is 0.309 e. The Bertz CT molecular complexity index is 1160. The van der Waals surface area contributed by atoms with Gasteiger partial charge in [-0.25, -0.2) is 0 Å². The van der Waals surface area contributed by atoms with Crippen LogP contribution < -0.4 is 5.32 Å². The van der Waals surface area contributed by atoms with E-state index in [9.17, 15) is 19.5 Å². The largest absolute Gasteiger partial charge is 0.461 e. The van der Waals surface area contributed by atoms with Crippen LogP contribution in [0.3, 0.4) is 0 Å². The number of allylic oxidation sites excluding steroid dienone is 2. The molecule has 2 N–H and O–H groups in total. The minimum absolute atomic E-state index is 0.00709. The van der Waals surface area contributed by atoms with Crippen LogP contribution in [0.25, 0.3) is 0 Å². The lowest BCUT2D eigenvalue weighted by Gasteiger charge is -2.36. The zero-order valence-electron chi connectivity index (χ0n) is 24.2. The zero-order chi connectivity index (χ0) is 29.6. The number of hydrogen-bond donors (Lipinski definition) is 2. The van der Waals surface area contributed by atoms with Gasteiger partial charge in [-0.05, 0) is 62.1 Å². The van der Waals surface area contributed by atoms with Gasteiger partial charge in [0, 0.05) is 13.0 Å². The first-order valence-corrected chi connectivity index (χ1v) is 14.6. The number of fused-ring (bicyclic) bond motifs is 1. The molecule has 0 aromatic heterocycles.